The van der Waals surface area contributed by atoms with Crippen molar-refractivity contribution in [2.75, 3.05) is 13.2 Å². The molecule has 1 fully saturated rings. The maximum Gasteiger partial charge on any atom is 0.226 e. The van der Waals surface area contributed by atoms with Gasteiger partial charge in [0.25, 0.3) is 0 Å². The van der Waals surface area contributed by atoms with E-state index in [2.05, 4.69) is 25.6 Å². The molecule has 0 unspecified atom stereocenters. The molecular weight excluding hydrogens is 356 g/mol. The summed E-state index contributed by atoms with van der Waals surface area (Å²) < 4.78 is 7.83. The first kappa shape index (κ1) is 18.4. The molecular formula is C20H24N6O2. The summed E-state index contributed by atoms with van der Waals surface area (Å²) in [4.78, 5) is 17.1. The molecule has 4 rings (SSSR count). The van der Waals surface area contributed by atoms with Gasteiger partial charge in [-0.1, -0.05) is 18.2 Å². The molecule has 0 aliphatic carbocycles. The van der Waals surface area contributed by atoms with Crippen molar-refractivity contribution < 1.29 is 9.53 Å². The van der Waals surface area contributed by atoms with E-state index in [1.807, 2.05) is 48.9 Å². The second-order valence-electron chi connectivity index (χ2n) is 7.02. The number of nitrogens with one attached hydrogen (secondary N) is 2. The Kier molecular flexibility index (Phi) is 5.21. The summed E-state index contributed by atoms with van der Waals surface area (Å²) >= 11 is 0. The van der Waals surface area contributed by atoms with E-state index in [-0.39, 0.29) is 17.9 Å². The van der Waals surface area contributed by atoms with Crippen LogP contribution >= 0.6 is 0 Å². The van der Waals surface area contributed by atoms with Crippen LogP contribution in [0.1, 0.15) is 35.4 Å². The molecule has 0 radical (unpaired) electrons. The Balaban J connectivity index is 1.46. The molecule has 8 nitrogen and oxygen atoms in total. The Morgan fingerprint density at radius 3 is 2.96 bits per heavy atom. The van der Waals surface area contributed by atoms with Gasteiger partial charge in [0, 0.05) is 25.8 Å². The van der Waals surface area contributed by atoms with Crippen LogP contribution in [0.4, 0.5) is 0 Å². The summed E-state index contributed by atoms with van der Waals surface area (Å²) in [5, 5.41) is 14.4. The number of H-pyrrole nitrogens is 1. The summed E-state index contributed by atoms with van der Waals surface area (Å²) in [5.41, 5.74) is 3.02. The maximum atomic E-state index is 12.8. The van der Waals surface area contributed by atoms with E-state index in [0.29, 0.717) is 31.8 Å². The van der Waals surface area contributed by atoms with E-state index in [4.69, 9.17) is 4.74 Å². The number of aromatic amines is 1. The second-order valence-corrected chi connectivity index (χ2v) is 7.02. The Morgan fingerprint density at radius 2 is 2.18 bits per heavy atom. The molecule has 146 valence electrons. The Bertz CT molecular complexity index is 963. The van der Waals surface area contributed by atoms with Crippen LogP contribution < -0.4 is 5.32 Å². The second kappa shape index (κ2) is 7.93. The molecule has 8 heteroatoms. The van der Waals surface area contributed by atoms with Gasteiger partial charge in [0.2, 0.25) is 5.91 Å². The van der Waals surface area contributed by atoms with E-state index in [9.17, 15) is 4.79 Å². The highest BCUT2D eigenvalue weighted by Crippen LogP contribution is 2.35. The zero-order valence-electron chi connectivity index (χ0n) is 16.1. The van der Waals surface area contributed by atoms with E-state index in [1.54, 1.807) is 6.20 Å². The lowest BCUT2D eigenvalue weighted by atomic mass is 9.97. The number of rotatable bonds is 6. The number of aromatic nitrogens is 5. The van der Waals surface area contributed by atoms with Crippen molar-refractivity contribution >= 4 is 5.91 Å². The fourth-order valence-corrected chi connectivity index (χ4v) is 3.61. The van der Waals surface area contributed by atoms with Crippen molar-refractivity contribution in [2.45, 2.75) is 32.8 Å². The van der Waals surface area contributed by atoms with Crippen LogP contribution in [0, 0.1) is 19.8 Å². The molecule has 0 saturated carbocycles. The summed E-state index contributed by atoms with van der Waals surface area (Å²) in [6, 6.07) is 9.98. The van der Waals surface area contributed by atoms with Crippen LogP contribution in [-0.2, 0) is 16.0 Å². The number of benzene rings is 1. The van der Waals surface area contributed by atoms with E-state index in [1.165, 1.54) is 0 Å². The van der Waals surface area contributed by atoms with Crippen LogP contribution in [0.15, 0.2) is 36.5 Å². The molecule has 28 heavy (non-hydrogen) atoms. The summed E-state index contributed by atoms with van der Waals surface area (Å²) in [6.45, 7) is 4.96. The molecule has 3 aromatic rings. The molecule has 1 aliphatic rings. The molecule has 0 spiro atoms. The smallest absolute Gasteiger partial charge is 0.226 e. The molecule has 3 heterocycles. The van der Waals surface area contributed by atoms with Gasteiger partial charge >= 0.3 is 0 Å². The van der Waals surface area contributed by atoms with Crippen LogP contribution in [-0.4, -0.2) is 44.0 Å². The van der Waals surface area contributed by atoms with Gasteiger partial charge in [-0.05, 0) is 38.0 Å². The normalized spacial score (nSPS) is 19.1. The van der Waals surface area contributed by atoms with Gasteiger partial charge in [-0.15, -0.1) is 0 Å². The number of nitrogens with zero attached hydrogens (tertiary/aromatic N) is 4. The standard InChI is InChI=1S/C20H24N6O2/c1-13-5-3-4-6-16(13)26-17(7-11-22-26)19-15(9-12-28-19)20(27)21-10-8-18-23-14(2)24-25-18/h3-7,11,15,19H,8-10,12H2,1-2H3,(H,21,27)(H,23,24,25)/t15-,19-/m0/s1. The van der Waals surface area contributed by atoms with Gasteiger partial charge < -0.3 is 10.1 Å². The molecule has 2 atom stereocenters. The Labute approximate surface area is 163 Å². The lowest BCUT2D eigenvalue weighted by Crippen LogP contribution is -2.34. The van der Waals surface area contributed by atoms with Gasteiger partial charge in [0.15, 0.2) is 5.82 Å². The summed E-state index contributed by atoms with van der Waals surface area (Å²) in [5.74, 6) is 1.23. The number of hydrogen-bond donors (Lipinski definition) is 2. The fourth-order valence-electron chi connectivity index (χ4n) is 3.61. The first-order valence-corrected chi connectivity index (χ1v) is 9.50. The molecule has 2 N–H and O–H groups in total. The number of hydrogen-bond acceptors (Lipinski definition) is 5. The van der Waals surface area contributed by atoms with Gasteiger partial charge in [0.1, 0.15) is 11.9 Å². The molecule has 1 aliphatic heterocycles. The average molecular weight is 380 g/mol. The van der Waals surface area contributed by atoms with Gasteiger partial charge in [-0.2, -0.15) is 10.2 Å². The minimum Gasteiger partial charge on any atom is -0.371 e. The summed E-state index contributed by atoms with van der Waals surface area (Å²) in [6.07, 6.45) is 2.72. The van der Waals surface area contributed by atoms with Crippen molar-refractivity contribution in [1.82, 2.24) is 30.3 Å². The van der Waals surface area contributed by atoms with Crippen molar-refractivity contribution in [3.05, 3.63) is 59.4 Å². The molecule has 0 bridgehead atoms. The third kappa shape index (κ3) is 3.68. The van der Waals surface area contributed by atoms with E-state index < -0.39 is 0 Å². The average Bonchev–Trinajstić information content (AvgIpc) is 3.42. The monoisotopic (exact) mass is 380 g/mol. The highest BCUT2D eigenvalue weighted by atomic mass is 16.5. The third-order valence-corrected chi connectivity index (χ3v) is 5.03. The quantitative estimate of drug-likeness (QED) is 0.682. The molecule has 1 amide bonds. The van der Waals surface area contributed by atoms with Gasteiger partial charge in [0.05, 0.1) is 17.3 Å². The van der Waals surface area contributed by atoms with Crippen molar-refractivity contribution in [2.24, 2.45) is 5.92 Å². The van der Waals surface area contributed by atoms with Crippen LogP contribution in [0.2, 0.25) is 0 Å². The van der Waals surface area contributed by atoms with Crippen LogP contribution in [0.25, 0.3) is 5.69 Å². The number of amides is 1. The largest absolute Gasteiger partial charge is 0.371 e. The SMILES string of the molecule is Cc1nc(CCNC(=O)[C@H]2CCO[C@@H]2c2ccnn2-c2ccccc2C)n[nH]1. The number of para-hydroxylation sites is 1. The number of ether oxygens (including phenoxy) is 1. The first-order chi connectivity index (χ1) is 13.6. The van der Waals surface area contributed by atoms with Crippen LogP contribution in [0.3, 0.4) is 0 Å². The van der Waals surface area contributed by atoms with Crippen molar-refractivity contribution in [3.63, 3.8) is 0 Å². The Morgan fingerprint density at radius 1 is 1.32 bits per heavy atom. The highest BCUT2D eigenvalue weighted by Gasteiger charge is 2.37. The lowest BCUT2D eigenvalue weighted by molar-refractivity contribution is -0.126. The maximum absolute atomic E-state index is 12.8. The zero-order valence-corrected chi connectivity index (χ0v) is 16.1. The van der Waals surface area contributed by atoms with E-state index in [0.717, 1.165) is 22.8 Å². The van der Waals surface area contributed by atoms with Crippen LogP contribution in [0.5, 0.6) is 0 Å². The predicted molar refractivity (Wildman–Crippen MR) is 103 cm³/mol. The minimum absolute atomic E-state index is 0.00714. The van der Waals surface area contributed by atoms with E-state index >= 15 is 0 Å². The van der Waals surface area contributed by atoms with Crippen molar-refractivity contribution in [1.29, 1.82) is 0 Å². The predicted octanol–water partition coefficient (Wildman–Crippen LogP) is 2.04. The van der Waals surface area contributed by atoms with Gasteiger partial charge in [-0.25, -0.2) is 9.67 Å². The Hall–Kier alpha value is -3.00. The topological polar surface area (TPSA) is 97.7 Å². The summed E-state index contributed by atoms with van der Waals surface area (Å²) in [7, 11) is 0. The number of aryl methyl sites for hydroxylation is 2. The highest BCUT2D eigenvalue weighted by molar-refractivity contribution is 5.79. The molecule has 1 saturated heterocycles. The third-order valence-electron chi connectivity index (χ3n) is 5.03. The zero-order chi connectivity index (χ0) is 19.5. The minimum atomic E-state index is -0.312. The van der Waals surface area contributed by atoms with Crippen molar-refractivity contribution in [3.8, 4) is 5.69 Å². The molecule has 2 aromatic heterocycles. The fraction of sp³-hybridized carbons (Fsp3) is 0.400. The molecule has 1 aromatic carbocycles. The number of carbonyl (C=O) groups excluding carboxylic acids is 1. The van der Waals surface area contributed by atoms with Gasteiger partial charge in [-0.3, -0.25) is 9.89 Å². The number of carbonyl (C=O) groups is 1. The lowest BCUT2D eigenvalue weighted by Gasteiger charge is -2.20. The first-order valence-electron chi connectivity index (χ1n) is 9.50.